The molecule has 2 saturated heterocycles. The van der Waals surface area contributed by atoms with Crippen molar-refractivity contribution < 1.29 is 36.6 Å². The number of carbonyl (C=O) groups is 2. The van der Waals surface area contributed by atoms with Gasteiger partial charge in [0.1, 0.15) is 18.1 Å². The number of pyridine rings is 1. The molecule has 2 amide bonds. The molecule has 4 heterocycles. The zero-order chi connectivity index (χ0) is 26.5. The molecule has 2 atom stereocenters. The van der Waals surface area contributed by atoms with Crippen LogP contribution in [0, 0.1) is 0 Å². The van der Waals surface area contributed by atoms with Gasteiger partial charge in [0, 0.05) is 29.4 Å². The minimum atomic E-state index is -4.58. The number of fused-ring (bicyclic) bond motifs is 2. The van der Waals surface area contributed by atoms with Crippen molar-refractivity contribution in [1.82, 2.24) is 20.2 Å². The second-order valence-corrected chi connectivity index (χ2v) is 10.5. The lowest BCUT2D eigenvalue weighted by atomic mass is 9.89. The van der Waals surface area contributed by atoms with Gasteiger partial charge in [0.05, 0.1) is 17.0 Å². The number of aromatic nitrogens is 2. The molecule has 37 heavy (non-hydrogen) atoms. The second-order valence-electron chi connectivity index (χ2n) is 9.52. The predicted molar refractivity (Wildman–Crippen MR) is 124 cm³/mol. The average Bonchev–Trinajstić information content (AvgIpc) is 3.58. The number of aliphatic hydroxyl groups is 1. The standard InChI is InChI=1S/C23H24F5N5O3S/c24-19(25)12-7-16(30-9-23(26,27)28)29-8-13(12)18-17(22(36)33-10-1-2-11(33)4-3-10)32-21(37-18)20(35)31-14-5-6-15(14)34/h7-8,10-11,14-15,19,34H,1-6,9H2,(H,29,30)(H,31,35). The monoisotopic (exact) mass is 545 g/mol. The molecule has 1 saturated carbocycles. The normalized spacial score (nSPS) is 24.9. The van der Waals surface area contributed by atoms with E-state index in [9.17, 15) is 36.6 Å². The van der Waals surface area contributed by atoms with E-state index >= 15 is 0 Å². The van der Waals surface area contributed by atoms with Crippen molar-refractivity contribution >= 4 is 29.0 Å². The van der Waals surface area contributed by atoms with Gasteiger partial charge in [0.25, 0.3) is 18.2 Å². The quantitative estimate of drug-likeness (QED) is 0.452. The van der Waals surface area contributed by atoms with Crippen LogP contribution in [0.2, 0.25) is 0 Å². The highest BCUT2D eigenvalue weighted by atomic mass is 32.1. The van der Waals surface area contributed by atoms with Crippen molar-refractivity contribution in [2.24, 2.45) is 0 Å². The van der Waals surface area contributed by atoms with Crippen LogP contribution in [0.4, 0.5) is 27.8 Å². The fraction of sp³-hybridized carbons (Fsp3) is 0.565. The molecule has 2 aromatic heterocycles. The van der Waals surface area contributed by atoms with Crippen LogP contribution >= 0.6 is 11.3 Å². The second kappa shape index (κ2) is 9.78. The first-order valence-corrected chi connectivity index (χ1v) is 12.7. The van der Waals surface area contributed by atoms with E-state index < -0.39 is 54.5 Å². The van der Waals surface area contributed by atoms with E-state index in [2.05, 4.69) is 15.3 Å². The van der Waals surface area contributed by atoms with Crippen molar-refractivity contribution in [3.63, 3.8) is 0 Å². The van der Waals surface area contributed by atoms with E-state index in [-0.39, 0.29) is 33.2 Å². The number of nitrogens with one attached hydrogen (secondary N) is 2. The number of carbonyl (C=O) groups excluding carboxylic acids is 2. The van der Waals surface area contributed by atoms with E-state index in [0.29, 0.717) is 12.8 Å². The lowest BCUT2D eigenvalue weighted by Gasteiger charge is -2.32. The molecule has 3 N–H and O–H groups in total. The number of hydrogen-bond donors (Lipinski definition) is 3. The molecule has 14 heteroatoms. The first-order valence-electron chi connectivity index (χ1n) is 11.9. The molecule has 0 radical (unpaired) electrons. The molecule has 0 aromatic carbocycles. The summed E-state index contributed by atoms with van der Waals surface area (Å²) in [5.74, 6) is -1.52. The van der Waals surface area contributed by atoms with E-state index in [1.165, 1.54) is 0 Å². The predicted octanol–water partition coefficient (Wildman–Crippen LogP) is 4.14. The maximum absolute atomic E-state index is 14.1. The Kier molecular flexibility index (Phi) is 6.81. The number of hydrogen-bond acceptors (Lipinski definition) is 7. The van der Waals surface area contributed by atoms with Gasteiger partial charge in [-0.2, -0.15) is 13.2 Å². The minimum Gasteiger partial charge on any atom is -0.391 e. The van der Waals surface area contributed by atoms with Crippen LogP contribution in [0.5, 0.6) is 0 Å². The van der Waals surface area contributed by atoms with Crippen LogP contribution in [-0.4, -0.2) is 68.7 Å². The van der Waals surface area contributed by atoms with Crippen molar-refractivity contribution in [3.05, 3.63) is 28.5 Å². The summed E-state index contributed by atoms with van der Waals surface area (Å²) in [6.45, 7) is -1.46. The molecule has 2 aliphatic heterocycles. The highest BCUT2D eigenvalue weighted by molar-refractivity contribution is 7.17. The van der Waals surface area contributed by atoms with Crippen LogP contribution in [0.25, 0.3) is 10.4 Å². The van der Waals surface area contributed by atoms with Gasteiger partial charge in [-0.3, -0.25) is 9.59 Å². The fourth-order valence-electron chi connectivity index (χ4n) is 5.12. The highest BCUT2D eigenvalue weighted by Gasteiger charge is 2.44. The summed E-state index contributed by atoms with van der Waals surface area (Å²) in [5, 5.41) is 14.3. The summed E-state index contributed by atoms with van der Waals surface area (Å²) in [5.41, 5.74) is -0.978. The van der Waals surface area contributed by atoms with Gasteiger partial charge in [-0.25, -0.2) is 18.7 Å². The molecule has 8 nitrogen and oxygen atoms in total. The van der Waals surface area contributed by atoms with Gasteiger partial charge < -0.3 is 20.6 Å². The SMILES string of the molecule is O=C(NC1CCC1O)c1nc(C(=O)N2C3CCC2CC3)c(-c2cnc(NCC(F)(F)F)cc2C(F)F)s1. The molecule has 2 bridgehead atoms. The summed E-state index contributed by atoms with van der Waals surface area (Å²) in [6.07, 6.45) is -2.99. The van der Waals surface area contributed by atoms with Crippen molar-refractivity contribution in [3.8, 4) is 10.4 Å². The lowest BCUT2D eigenvalue weighted by Crippen LogP contribution is -2.50. The zero-order valence-corrected chi connectivity index (χ0v) is 20.2. The van der Waals surface area contributed by atoms with E-state index in [0.717, 1.165) is 49.3 Å². The summed E-state index contributed by atoms with van der Waals surface area (Å²) in [7, 11) is 0. The van der Waals surface area contributed by atoms with Gasteiger partial charge in [-0.05, 0) is 44.6 Å². The number of amides is 2. The van der Waals surface area contributed by atoms with Gasteiger partial charge in [-0.1, -0.05) is 0 Å². The highest BCUT2D eigenvalue weighted by Crippen LogP contribution is 2.42. The molecule has 2 aromatic rings. The van der Waals surface area contributed by atoms with Gasteiger partial charge in [0.15, 0.2) is 5.01 Å². The Morgan fingerprint density at radius 1 is 1.14 bits per heavy atom. The molecule has 0 spiro atoms. The topological polar surface area (TPSA) is 107 Å². The first kappa shape index (κ1) is 25.8. The molecule has 1 aliphatic carbocycles. The minimum absolute atomic E-state index is 0.000722. The molecule has 200 valence electrons. The van der Waals surface area contributed by atoms with E-state index in [4.69, 9.17) is 0 Å². The first-order chi connectivity index (χ1) is 17.5. The Morgan fingerprint density at radius 2 is 1.81 bits per heavy atom. The van der Waals surface area contributed by atoms with Crippen LogP contribution in [0.3, 0.4) is 0 Å². The number of anilines is 1. The number of rotatable bonds is 7. The number of aliphatic hydroxyl groups excluding tert-OH is 1. The van der Waals surface area contributed by atoms with Crippen LogP contribution < -0.4 is 10.6 Å². The van der Waals surface area contributed by atoms with E-state index in [1.807, 2.05) is 5.32 Å². The summed E-state index contributed by atoms with van der Waals surface area (Å²) in [4.78, 5) is 36.2. The summed E-state index contributed by atoms with van der Waals surface area (Å²) >= 11 is 0.738. The third-order valence-corrected chi connectivity index (χ3v) is 8.24. The zero-order valence-electron chi connectivity index (χ0n) is 19.4. The molecule has 3 fully saturated rings. The molecule has 3 aliphatic rings. The average molecular weight is 546 g/mol. The number of halogens is 5. The Morgan fingerprint density at radius 3 is 2.35 bits per heavy atom. The van der Waals surface area contributed by atoms with Crippen LogP contribution in [0.1, 0.15) is 70.8 Å². The smallest absolute Gasteiger partial charge is 0.391 e. The molecular weight excluding hydrogens is 521 g/mol. The van der Waals surface area contributed by atoms with Crippen molar-refractivity contribution in [2.45, 2.75) is 75.4 Å². The van der Waals surface area contributed by atoms with Gasteiger partial charge in [0.2, 0.25) is 0 Å². The third kappa shape index (κ3) is 5.13. The Balaban J connectivity index is 1.52. The van der Waals surface area contributed by atoms with Crippen LogP contribution in [-0.2, 0) is 0 Å². The summed E-state index contributed by atoms with van der Waals surface area (Å²) in [6, 6.07) is 0.363. The van der Waals surface area contributed by atoms with Crippen molar-refractivity contribution in [1.29, 1.82) is 0 Å². The molecule has 5 rings (SSSR count). The Hall–Kier alpha value is -2.87. The van der Waals surface area contributed by atoms with Gasteiger partial charge in [-0.15, -0.1) is 11.3 Å². The largest absolute Gasteiger partial charge is 0.405 e. The summed E-state index contributed by atoms with van der Waals surface area (Å²) < 4.78 is 65.9. The van der Waals surface area contributed by atoms with Gasteiger partial charge >= 0.3 is 6.18 Å². The maximum Gasteiger partial charge on any atom is 0.405 e. The Labute approximate surface area is 212 Å². The van der Waals surface area contributed by atoms with Crippen LogP contribution in [0.15, 0.2) is 12.3 Å². The maximum atomic E-state index is 14.1. The number of nitrogens with zero attached hydrogens (tertiary/aromatic N) is 3. The number of thiazole rings is 1. The molecular formula is C23H24F5N5O3S. The van der Waals surface area contributed by atoms with E-state index in [1.54, 1.807) is 4.90 Å². The number of alkyl halides is 5. The fourth-order valence-corrected chi connectivity index (χ4v) is 6.11. The Bertz CT molecular complexity index is 1190. The lowest BCUT2D eigenvalue weighted by molar-refractivity contribution is -0.115. The van der Waals surface area contributed by atoms with Crippen molar-refractivity contribution in [2.75, 3.05) is 11.9 Å². The molecule has 2 unspecified atom stereocenters. The third-order valence-electron chi connectivity index (χ3n) is 7.15.